The van der Waals surface area contributed by atoms with Gasteiger partial charge in [-0.3, -0.25) is 9.36 Å². The summed E-state index contributed by atoms with van der Waals surface area (Å²) in [5.74, 6) is 0.289. The van der Waals surface area contributed by atoms with Crippen molar-refractivity contribution < 1.29 is 18.3 Å². The minimum absolute atomic E-state index is 0.150. The number of fused-ring (bicyclic) bond motifs is 1. The van der Waals surface area contributed by atoms with Crippen molar-refractivity contribution in [3.8, 4) is 0 Å². The molecule has 1 saturated heterocycles. The van der Waals surface area contributed by atoms with Crippen LogP contribution in [0.25, 0.3) is 11.8 Å². The molecule has 0 amide bonds. The maximum Gasteiger partial charge on any atom is 0.338 e. The van der Waals surface area contributed by atoms with Gasteiger partial charge in [0.25, 0.3) is 5.56 Å². The molecule has 1 fully saturated rings. The number of esters is 1. The van der Waals surface area contributed by atoms with E-state index in [1.807, 2.05) is 36.4 Å². The molecular formula is C31H27BrFN3O4S. The summed E-state index contributed by atoms with van der Waals surface area (Å²) in [7, 11) is 0. The summed E-state index contributed by atoms with van der Waals surface area (Å²) >= 11 is 4.83. The molecule has 0 bridgehead atoms. The number of anilines is 1. The van der Waals surface area contributed by atoms with Crippen molar-refractivity contribution in [3.63, 3.8) is 0 Å². The van der Waals surface area contributed by atoms with Gasteiger partial charge < -0.3 is 14.1 Å². The van der Waals surface area contributed by atoms with Crippen molar-refractivity contribution >= 4 is 50.9 Å². The third-order valence-electron chi connectivity index (χ3n) is 7.16. The molecule has 0 saturated carbocycles. The molecule has 10 heteroatoms. The van der Waals surface area contributed by atoms with Crippen LogP contribution >= 0.6 is 27.3 Å². The van der Waals surface area contributed by atoms with Crippen LogP contribution in [0.5, 0.6) is 0 Å². The van der Waals surface area contributed by atoms with Crippen LogP contribution in [0.4, 0.5) is 10.3 Å². The number of aromatic nitrogens is 1. The molecule has 0 aliphatic carbocycles. The smallest absolute Gasteiger partial charge is 0.338 e. The highest BCUT2D eigenvalue weighted by molar-refractivity contribution is 9.10. The van der Waals surface area contributed by atoms with Gasteiger partial charge in [0.2, 0.25) is 5.88 Å². The summed E-state index contributed by atoms with van der Waals surface area (Å²) in [6.45, 7) is 3.72. The SMILES string of the molecule is CCOC(=O)C1=C(c2ccccc2)N=c2s/c(=C/c3cc(Br)c(N4CCCCC4)o3)c(=O)n2[C@@H]1c1ccc(F)cc1. The van der Waals surface area contributed by atoms with E-state index in [0.29, 0.717) is 31.9 Å². The quantitative estimate of drug-likeness (QED) is 0.265. The van der Waals surface area contributed by atoms with Crippen molar-refractivity contribution in [2.75, 3.05) is 24.6 Å². The molecule has 2 aromatic carbocycles. The summed E-state index contributed by atoms with van der Waals surface area (Å²) in [5.41, 5.74) is 1.58. The van der Waals surface area contributed by atoms with Gasteiger partial charge in [-0.25, -0.2) is 14.2 Å². The van der Waals surface area contributed by atoms with Crippen molar-refractivity contribution in [1.82, 2.24) is 4.57 Å². The fourth-order valence-corrected chi connectivity index (χ4v) is 6.83. The van der Waals surface area contributed by atoms with Crippen LogP contribution in [0, 0.1) is 5.82 Å². The average Bonchev–Trinajstić information content (AvgIpc) is 3.51. The van der Waals surface area contributed by atoms with E-state index in [0.717, 1.165) is 36.3 Å². The molecule has 0 spiro atoms. The zero-order chi connectivity index (χ0) is 28.5. The van der Waals surface area contributed by atoms with Crippen LogP contribution in [0.2, 0.25) is 0 Å². The van der Waals surface area contributed by atoms with Crippen LogP contribution in [-0.2, 0) is 9.53 Å². The van der Waals surface area contributed by atoms with Crippen LogP contribution < -0.4 is 19.8 Å². The molecule has 4 heterocycles. The van der Waals surface area contributed by atoms with Crippen molar-refractivity contribution in [3.05, 3.63) is 113 Å². The standard InChI is InChI=1S/C31H27BrFN3O4S/c1-2-39-30(38)25-26(19-9-5-3-6-10-19)34-31-36(27(25)20-11-13-21(33)14-12-20)28(37)24(41-31)18-22-17-23(32)29(40-22)35-15-7-4-8-16-35/h3,5-6,9-14,17-18,27H,2,4,7-8,15-16H2,1H3/b24-18+/t27-/m1/s1. The van der Waals surface area contributed by atoms with Gasteiger partial charge in [0.1, 0.15) is 11.6 Å². The third kappa shape index (κ3) is 5.34. The summed E-state index contributed by atoms with van der Waals surface area (Å²) in [4.78, 5) is 34.9. The highest BCUT2D eigenvalue weighted by Gasteiger charge is 2.35. The van der Waals surface area contributed by atoms with Gasteiger partial charge in [-0.2, -0.15) is 0 Å². The molecule has 0 N–H and O–H groups in total. The molecule has 41 heavy (non-hydrogen) atoms. The number of benzene rings is 2. The Balaban J connectivity index is 1.55. The van der Waals surface area contributed by atoms with Crippen LogP contribution in [0.1, 0.15) is 49.1 Å². The lowest BCUT2D eigenvalue weighted by Crippen LogP contribution is -2.40. The molecule has 210 valence electrons. The lowest BCUT2D eigenvalue weighted by atomic mass is 9.93. The summed E-state index contributed by atoms with van der Waals surface area (Å²) in [5, 5.41) is 0. The number of furan rings is 1. The molecule has 0 radical (unpaired) electrons. The summed E-state index contributed by atoms with van der Waals surface area (Å²) in [6.07, 6.45) is 5.13. The topological polar surface area (TPSA) is 77.0 Å². The molecular weight excluding hydrogens is 609 g/mol. The molecule has 4 aromatic rings. The van der Waals surface area contributed by atoms with E-state index in [1.54, 1.807) is 25.1 Å². The zero-order valence-electron chi connectivity index (χ0n) is 22.3. The lowest BCUT2D eigenvalue weighted by molar-refractivity contribution is -0.138. The van der Waals surface area contributed by atoms with E-state index >= 15 is 0 Å². The van der Waals surface area contributed by atoms with E-state index in [2.05, 4.69) is 20.8 Å². The predicted molar refractivity (Wildman–Crippen MR) is 160 cm³/mol. The first-order valence-corrected chi connectivity index (χ1v) is 15.1. The third-order valence-corrected chi connectivity index (χ3v) is 8.71. The monoisotopic (exact) mass is 635 g/mol. The molecule has 2 aliphatic heterocycles. The summed E-state index contributed by atoms with van der Waals surface area (Å²) < 4.78 is 28.3. The fourth-order valence-electron chi connectivity index (χ4n) is 5.29. The normalized spacial score (nSPS) is 17.4. The number of piperidine rings is 1. The molecule has 2 aliphatic rings. The number of carbonyl (C=O) groups excluding carboxylic acids is 1. The minimum atomic E-state index is -0.865. The Bertz CT molecular complexity index is 1800. The van der Waals surface area contributed by atoms with Crippen LogP contribution in [0.15, 0.2) is 84.9 Å². The summed E-state index contributed by atoms with van der Waals surface area (Å²) in [6, 6.07) is 16.1. The lowest BCUT2D eigenvalue weighted by Gasteiger charge is -2.26. The van der Waals surface area contributed by atoms with Gasteiger partial charge in [-0.15, -0.1) is 0 Å². The Hall–Kier alpha value is -3.76. The second-order valence-electron chi connectivity index (χ2n) is 9.83. The minimum Gasteiger partial charge on any atom is -0.463 e. The first-order valence-electron chi connectivity index (χ1n) is 13.5. The van der Waals surface area contributed by atoms with E-state index in [-0.39, 0.29) is 17.7 Å². The molecule has 1 atom stereocenters. The largest absolute Gasteiger partial charge is 0.463 e. The Morgan fingerprint density at radius 1 is 1.15 bits per heavy atom. The second kappa shape index (κ2) is 11.6. The number of rotatable bonds is 6. The molecule has 7 nitrogen and oxygen atoms in total. The molecule has 6 rings (SSSR count). The Kier molecular flexibility index (Phi) is 7.77. The predicted octanol–water partition coefficient (Wildman–Crippen LogP) is 5.42. The van der Waals surface area contributed by atoms with Gasteiger partial charge in [-0.1, -0.05) is 53.8 Å². The van der Waals surface area contributed by atoms with E-state index < -0.39 is 17.8 Å². The number of hydrogen-bond acceptors (Lipinski definition) is 7. The number of carbonyl (C=O) groups is 1. The van der Waals surface area contributed by atoms with E-state index in [4.69, 9.17) is 14.1 Å². The van der Waals surface area contributed by atoms with E-state index in [1.165, 1.54) is 34.5 Å². The van der Waals surface area contributed by atoms with Crippen LogP contribution in [0.3, 0.4) is 0 Å². The maximum absolute atomic E-state index is 14.0. The second-order valence-corrected chi connectivity index (χ2v) is 11.7. The number of halogens is 2. The van der Waals surface area contributed by atoms with Crippen molar-refractivity contribution in [2.45, 2.75) is 32.2 Å². The van der Waals surface area contributed by atoms with Gasteiger partial charge in [0.15, 0.2) is 4.80 Å². The van der Waals surface area contributed by atoms with Crippen LogP contribution in [-0.4, -0.2) is 30.2 Å². The number of ether oxygens (including phenoxy) is 1. The van der Waals surface area contributed by atoms with Crippen molar-refractivity contribution in [1.29, 1.82) is 0 Å². The highest BCUT2D eigenvalue weighted by atomic mass is 79.9. The van der Waals surface area contributed by atoms with Gasteiger partial charge >= 0.3 is 5.97 Å². The number of hydrogen-bond donors (Lipinski definition) is 0. The Labute approximate surface area is 248 Å². The Morgan fingerprint density at radius 2 is 1.88 bits per heavy atom. The number of nitrogens with zero attached hydrogens (tertiary/aromatic N) is 3. The maximum atomic E-state index is 14.0. The number of thiazole rings is 1. The average molecular weight is 637 g/mol. The highest BCUT2D eigenvalue weighted by Crippen LogP contribution is 2.36. The van der Waals surface area contributed by atoms with Gasteiger partial charge in [0.05, 0.1) is 32.9 Å². The fraction of sp³-hybridized carbons (Fsp3) is 0.258. The van der Waals surface area contributed by atoms with Crippen molar-refractivity contribution in [2.24, 2.45) is 4.99 Å². The first-order chi connectivity index (χ1) is 19.9. The van der Waals surface area contributed by atoms with E-state index in [9.17, 15) is 14.0 Å². The Morgan fingerprint density at radius 3 is 2.59 bits per heavy atom. The zero-order valence-corrected chi connectivity index (χ0v) is 24.7. The van der Waals surface area contributed by atoms with Gasteiger partial charge in [0, 0.05) is 30.8 Å². The first kappa shape index (κ1) is 27.4. The molecule has 2 aromatic heterocycles. The molecule has 0 unspecified atom stereocenters. The van der Waals surface area contributed by atoms with Gasteiger partial charge in [-0.05, 0) is 59.8 Å².